The van der Waals surface area contributed by atoms with Crippen LogP contribution in [0.3, 0.4) is 0 Å². The fraction of sp³-hybridized carbons (Fsp3) is 0.0769. The average Bonchev–Trinajstić information content (AvgIpc) is 3.25. The lowest BCUT2D eigenvalue weighted by molar-refractivity contribution is 0.0946. The predicted octanol–water partition coefficient (Wildman–Crippen LogP) is 5.33. The minimum Gasteiger partial charge on any atom is -0.457 e. The molecule has 0 aliphatic carbocycles. The number of aromatic amines is 1. The first-order valence-electron chi connectivity index (χ1n) is 10.2. The molecule has 3 heterocycles. The van der Waals surface area contributed by atoms with Crippen LogP contribution in [0.2, 0.25) is 0 Å². The van der Waals surface area contributed by atoms with Gasteiger partial charge in [0.05, 0.1) is 11.3 Å². The van der Waals surface area contributed by atoms with Crippen molar-refractivity contribution in [1.82, 2.24) is 15.3 Å². The fourth-order valence-electron chi connectivity index (χ4n) is 3.64. The van der Waals surface area contributed by atoms with Crippen LogP contribution in [0.5, 0.6) is 11.5 Å². The van der Waals surface area contributed by atoms with Crippen molar-refractivity contribution in [2.75, 3.05) is 6.54 Å². The van der Waals surface area contributed by atoms with Crippen LogP contribution in [0.25, 0.3) is 23.4 Å². The van der Waals surface area contributed by atoms with E-state index in [0.29, 0.717) is 6.54 Å². The van der Waals surface area contributed by atoms with Gasteiger partial charge in [0.2, 0.25) is 0 Å². The second-order valence-electron chi connectivity index (χ2n) is 7.37. The SMILES string of the molecule is O=C1NCCc2[nH]c(-c3ccnc(/C=C/c4cccc(Oc5ccccc5)c4)c3)cc21. The Labute approximate surface area is 180 Å². The van der Waals surface area contributed by atoms with Crippen molar-refractivity contribution in [3.8, 4) is 22.8 Å². The highest BCUT2D eigenvalue weighted by atomic mass is 16.5. The molecule has 5 heteroatoms. The zero-order chi connectivity index (χ0) is 21.0. The van der Waals surface area contributed by atoms with Crippen molar-refractivity contribution in [2.24, 2.45) is 0 Å². The molecule has 0 atom stereocenters. The number of aromatic nitrogens is 2. The molecule has 0 radical (unpaired) electrons. The largest absolute Gasteiger partial charge is 0.457 e. The maximum atomic E-state index is 12.0. The summed E-state index contributed by atoms with van der Waals surface area (Å²) in [6.45, 7) is 0.670. The number of hydrogen-bond acceptors (Lipinski definition) is 3. The molecule has 0 saturated heterocycles. The van der Waals surface area contributed by atoms with E-state index >= 15 is 0 Å². The molecule has 2 N–H and O–H groups in total. The lowest BCUT2D eigenvalue weighted by Gasteiger charge is -2.10. The van der Waals surface area contributed by atoms with E-state index in [4.69, 9.17) is 4.74 Å². The fourth-order valence-corrected chi connectivity index (χ4v) is 3.64. The molecule has 1 aliphatic heterocycles. The van der Waals surface area contributed by atoms with Crippen molar-refractivity contribution in [3.05, 3.63) is 102 Å². The van der Waals surface area contributed by atoms with Crippen LogP contribution >= 0.6 is 0 Å². The molecule has 1 aliphatic rings. The molecule has 5 nitrogen and oxygen atoms in total. The first kappa shape index (κ1) is 18.9. The number of ether oxygens (including phenoxy) is 1. The lowest BCUT2D eigenvalue weighted by Crippen LogP contribution is -2.31. The molecule has 0 spiro atoms. The Hall–Kier alpha value is -4.12. The highest BCUT2D eigenvalue weighted by molar-refractivity contribution is 5.97. The maximum Gasteiger partial charge on any atom is 0.253 e. The molecule has 31 heavy (non-hydrogen) atoms. The van der Waals surface area contributed by atoms with Gasteiger partial charge in [-0.2, -0.15) is 0 Å². The van der Waals surface area contributed by atoms with Gasteiger partial charge in [0, 0.05) is 36.1 Å². The molecule has 0 fully saturated rings. The third kappa shape index (κ3) is 4.26. The van der Waals surface area contributed by atoms with Gasteiger partial charge in [-0.1, -0.05) is 36.4 Å². The minimum atomic E-state index is -0.0180. The van der Waals surface area contributed by atoms with Gasteiger partial charge in [0.25, 0.3) is 5.91 Å². The molecule has 2 aromatic carbocycles. The first-order valence-corrected chi connectivity index (χ1v) is 10.2. The third-order valence-electron chi connectivity index (χ3n) is 5.18. The summed E-state index contributed by atoms with van der Waals surface area (Å²) < 4.78 is 5.91. The van der Waals surface area contributed by atoms with E-state index in [2.05, 4.69) is 15.3 Å². The number of nitrogens with zero attached hydrogens (tertiary/aromatic N) is 1. The molecule has 0 saturated carbocycles. The summed E-state index contributed by atoms with van der Waals surface area (Å²) >= 11 is 0. The van der Waals surface area contributed by atoms with Gasteiger partial charge in [0.15, 0.2) is 0 Å². The topological polar surface area (TPSA) is 67.0 Å². The van der Waals surface area contributed by atoms with Gasteiger partial charge >= 0.3 is 0 Å². The van der Waals surface area contributed by atoms with Crippen LogP contribution in [-0.4, -0.2) is 22.4 Å². The summed E-state index contributed by atoms with van der Waals surface area (Å²) in [4.78, 5) is 19.9. The normalized spacial score (nSPS) is 13.1. The monoisotopic (exact) mass is 407 g/mol. The Kier molecular flexibility index (Phi) is 5.07. The Morgan fingerprint density at radius 1 is 0.903 bits per heavy atom. The summed E-state index contributed by atoms with van der Waals surface area (Å²) in [5.41, 5.74) is 5.50. The number of rotatable bonds is 5. The highest BCUT2D eigenvalue weighted by Crippen LogP contribution is 2.25. The van der Waals surface area contributed by atoms with Crippen molar-refractivity contribution >= 4 is 18.1 Å². The molecule has 4 aromatic rings. The van der Waals surface area contributed by atoms with E-state index in [9.17, 15) is 4.79 Å². The zero-order valence-corrected chi connectivity index (χ0v) is 16.8. The standard InChI is InChI=1S/C26H21N3O2/c30-26-23-17-25(29-24(23)12-14-28-26)19-11-13-27-20(16-19)10-9-18-5-4-8-22(15-18)31-21-6-2-1-3-7-21/h1-11,13,15-17,29H,12,14H2,(H,28,30)/b10-9+. The van der Waals surface area contributed by atoms with Crippen LogP contribution in [0, 0.1) is 0 Å². The van der Waals surface area contributed by atoms with Crippen molar-refractivity contribution in [2.45, 2.75) is 6.42 Å². The number of fused-ring (bicyclic) bond motifs is 1. The number of hydrogen-bond donors (Lipinski definition) is 2. The highest BCUT2D eigenvalue weighted by Gasteiger charge is 2.19. The number of carbonyl (C=O) groups is 1. The molecule has 1 amide bonds. The number of amides is 1. The van der Waals surface area contributed by atoms with Gasteiger partial charge in [-0.25, -0.2) is 0 Å². The van der Waals surface area contributed by atoms with E-state index in [1.807, 2.05) is 84.9 Å². The van der Waals surface area contributed by atoms with Crippen LogP contribution in [0.1, 0.15) is 27.3 Å². The average molecular weight is 407 g/mol. The molecule has 0 bridgehead atoms. The molecule has 0 unspecified atom stereocenters. The number of H-pyrrole nitrogens is 1. The van der Waals surface area contributed by atoms with Gasteiger partial charge in [0.1, 0.15) is 11.5 Å². The van der Waals surface area contributed by atoms with Crippen molar-refractivity contribution in [3.63, 3.8) is 0 Å². The van der Waals surface area contributed by atoms with Crippen molar-refractivity contribution in [1.29, 1.82) is 0 Å². The zero-order valence-electron chi connectivity index (χ0n) is 16.8. The first-order chi connectivity index (χ1) is 15.2. The Bertz CT molecular complexity index is 1260. The molecule has 152 valence electrons. The van der Waals surface area contributed by atoms with Crippen LogP contribution in [0.15, 0.2) is 79.0 Å². The number of para-hydroxylation sites is 1. The number of nitrogens with one attached hydrogen (secondary N) is 2. The molecule has 5 rings (SSSR count). The van der Waals surface area contributed by atoms with Gasteiger partial charge in [-0.3, -0.25) is 9.78 Å². The summed E-state index contributed by atoms with van der Waals surface area (Å²) in [6, 6.07) is 23.5. The van der Waals surface area contributed by atoms with E-state index in [0.717, 1.165) is 51.7 Å². The smallest absolute Gasteiger partial charge is 0.253 e. The second-order valence-corrected chi connectivity index (χ2v) is 7.37. The predicted molar refractivity (Wildman–Crippen MR) is 122 cm³/mol. The molecular weight excluding hydrogens is 386 g/mol. The summed E-state index contributed by atoms with van der Waals surface area (Å²) in [6.07, 6.45) is 6.59. The minimum absolute atomic E-state index is 0.0180. The van der Waals surface area contributed by atoms with Gasteiger partial charge in [-0.15, -0.1) is 0 Å². The van der Waals surface area contributed by atoms with Crippen LogP contribution < -0.4 is 10.1 Å². The number of benzene rings is 2. The van der Waals surface area contributed by atoms with Gasteiger partial charge in [-0.05, 0) is 54.1 Å². The summed E-state index contributed by atoms with van der Waals surface area (Å²) in [5.74, 6) is 1.57. The molecular formula is C26H21N3O2. The second kappa shape index (κ2) is 8.32. The third-order valence-corrected chi connectivity index (χ3v) is 5.18. The quantitative estimate of drug-likeness (QED) is 0.470. The van der Waals surface area contributed by atoms with E-state index in [-0.39, 0.29) is 5.91 Å². The number of pyridine rings is 1. The van der Waals surface area contributed by atoms with E-state index in [1.165, 1.54) is 0 Å². The summed E-state index contributed by atoms with van der Waals surface area (Å²) in [7, 11) is 0. The Morgan fingerprint density at radius 3 is 2.65 bits per heavy atom. The van der Waals surface area contributed by atoms with Crippen molar-refractivity contribution < 1.29 is 9.53 Å². The lowest BCUT2D eigenvalue weighted by atomic mass is 10.1. The molecule has 2 aromatic heterocycles. The van der Waals surface area contributed by atoms with Gasteiger partial charge < -0.3 is 15.0 Å². The maximum absolute atomic E-state index is 12.0. The van der Waals surface area contributed by atoms with E-state index < -0.39 is 0 Å². The number of carbonyl (C=O) groups excluding carboxylic acids is 1. The Balaban J connectivity index is 1.35. The summed E-state index contributed by atoms with van der Waals surface area (Å²) in [5, 5.41) is 2.88. The Morgan fingerprint density at radius 2 is 1.77 bits per heavy atom. The van der Waals surface area contributed by atoms with Crippen LogP contribution in [-0.2, 0) is 6.42 Å². The van der Waals surface area contributed by atoms with Crippen LogP contribution in [0.4, 0.5) is 0 Å². The van der Waals surface area contributed by atoms with E-state index in [1.54, 1.807) is 6.20 Å².